The van der Waals surface area contributed by atoms with Crippen molar-refractivity contribution in [2.75, 3.05) is 0 Å². The second-order valence-corrected chi connectivity index (χ2v) is 25.4. The molecule has 68 heavy (non-hydrogen) atoms. The fourth-order valence-electron chi connectivity index (χ4n) is 15.5. The molecule has 8 rings (SSSR count). The van der Waals surface area contributed by atoms with E-state index in [1.54, 1.807) is 0 Å². The number of carbonyl (C=O) groups is 3. The van der Waals surface area contributed by atoms with E-state index < -0.39 is 67.8 Å². The van der Waals surface area contributed by atoms with Crippen molar-refractivity contribution in [2.24, 2.45) is 68.0 Å². The number of benzene rings is 2. The monoisotopic (exact) mass is 971 g/mol. The summed E-state index contributed by atoms with van der Waals surface area (Å²) in [6.07, 6.45) is 1.04. The molecule has 7 nitrogen and oxygen atoms in total. The highest BCUT2D eigenvalue weighted by Gasteiger charge is 2.70. The molecule has 4 bridgehead atoms. The number of carbonyl (C=O) groups excluding carboxylic acids is 3. The molecule has 0 aliphatic heterocycles. The summed E-state index contributed by atoms with van der Waals surface area (Å²) in [6.45, 7) is 21.0. The van der Waals surface area contributed by atoms with Crippen LogP contribution in [0.5, 0.6) is 0 Å². The molecule has 0 amide bonds. The first-order valence-electron chi connectivity index (χ1n) is 24.9. The zero-order valence-electron chi connectivity index (χ0n) is 40.7. The summed E-state index contributed by atoms with van der Waals surface area (Å²) < 4.78 is 53.8. The number of alkyl halides is 3. The Kier molecular flexibility index (Phi) is 17.6. The lowest BCUT2D eigenvalue weighted by molar-refractivity contribution is -0.233. The summed E-state index contributed by atoms with van der Waals surface area (Å²) in [5, 5.41) is 24.6. The van der Waals surface area contributed by atoms with Gasteiger partial charge >= 0.3 is 12.1 Å². The minimum Gasteiger partial charge on any atom is -0.455 e. The largest absolute Gasteiger partial charge is 0.490 e. The molecule has 6 fully saturated rings. The summed E-state index contributed by atoms with van der Waals surface area (Å²) in [7, 11) is -2.30. The van der Waals surface area contributed by atoms with Crippen LogP contribution in [-0.4, -0.2) is 67.4 Å². The van der Waals surface area contributed by atoms with Gasteiger partial charge in [0.05, 0.1) is 18.3 Å². The number of ether oxygens (including phenoxy) is 1. The molecule has 11 heteroatoms. The van der Waals surface area contributed by atoms with Gasteiger partial charge in [0.25, 0.3) is 0 Å². The second-order valence-electron chi connectivity index (χ2n) is 23.0. The zero-order chi connectivity index (χ0) is 47.7. The molecule has 0 spiro atoms. The normalized spacial score (nSPS) is 41.9. The van der Waals surface area contributed by atoms with Gasteiger partial charge in [-0.05, 0) is 109 Å². The molecule has 2 aromatic rings. The smallest absolute Gasteiger partial charge is 0.455 e. The molecular formula is C57H89F3O7Si. The van der Waals surface area contributed by atoms with Crippen LogP contribution in [0.3, 0.4) is 0 Å². The number of aliphatic hydroxyl groups is 2. The predicted molar refractivity (Wildman–Crippen MR) is 270 cm³/mol. The van der Waals surface area contributed by atoms with E-state index in [1.807, 2.05) is 57.2 Å². The number of ketones is 2. The van der Waals surface area contributed by atoms with E-state index in [-0.39, 0.29) is 68.0 Å². The number of halogens is 3. The van der Waals surface area contributed by atoms with Crippen molar-refractivity contribution in [3.63, 3.8) is 0 Å². The van der Waals surface area contributed by atoms with Gasteiger partial charge in [0.15, 0.2) is 0 Å². The zero-order valence-corrected chi connectivity index (χ0v) is 41.8. The fourth-order valence-corrected chi connectivity index (χ4v) is 18.0. The number of aliphatic hydroxyl groups excluding tert-OH is 2. The Morgan fingerprint density at radius 1 is 0.676 bits per heavy atom. The summed E-state index contributed by atoms with van der Waals surface area (Å²) in [6, 6.07) is 20.3. The van der Waals surface area contributed by atoms with Crippen LogP contribution >= 0.6 is 0 Å². The van der Waals surface area contributed by atoms with Crippen molar-refractivity contribution in [3.8, 4) is 0 Å². The summed E-state index contributed by atoms with van der Waals surface area (Å²) in [4.78, 5) is 39.2. The van der Waals surface area contributed by atoms with Gasteiger partial charge in [0.2, 0.25) is 9.04 Å². The number of rotatable bonds is 7. The number of Topliss-reactive ketones (excluding diaryl/α,β-unsaturated/α-hetero) is 2. The van der Waals surface area contributed by atoms with Crippen LogP contribution in [0.4, 0.5) is 13.2 Å². The lowest BCUT2D eigenvalue weighted by Gasteiger charge is -2.63. The Balaban J connectivity index is 0.000000330. The van der Waals surface area contributed by atoms with E-state index in [9.17, 15) is 37.8 Å². The van der Waals surface area contributed by atoms with E-state index in [2.05, 4.69) is 72.7 Å². The van der Waals surface area contributed by atoms with E-state index in [1.165, 1.54) is 0 Å². The van der Waals surface area contributed by atoms with Crippen LogP contribution in [-0.2, 0) is 23.5 Å². The van der Waals surface area contributed by atoms with Gasteiger partial charge in [-0.15, -0.1) is 0 Å². The van der Waals surface area contributed by atoms with Crippen LogP contribution in [0.25, 0.3) is 0 Å². The molecule has 384 valence electrons. The van der Waals surface area contributed by atoms with Crippen molar-refractivity contribution in [1.29, 1.82) is 0 Å². The van der Waals surface area contributed by atoms with E-state index in [4.69, 9.17) is 9.16 Å². The molecule has 0 radical (unpaired) electrons. The standard InChI is InChI=1S/C34H43F3O4Si.C20H34O3.3CH4/c1-6-31(4)21-27(41-42(24-13-9-7-10-14-24)25-15-11-8-12-16-25)32(5)22(2)17-19-33(20-18-26(38)28(32)33)23(3)29(31)40-30(39)34(35,36)37;1-6-18(4)11-15(22)19(5)12(2)7-9-20(13(3)17(18)23)10-8-14(21)16(19)20;;;/h7-16,22-23,27-29,42H,6,17-21H2,1-5H3;12-13,15-17,22-23H,6-11H2,1-5H3;3*1H4/t22-,23+,27-,28?,29+,31-,32+,33+;12-,13+,15-,16?,17+,18-,19+,20+;;;/m11.../s1. The third kappa shape index (κ3) is 9.16. The van der Waals surface area contributed by atoms with Gasteiger partial charge in [-0.25, -0.2) is 4.79 Å². The third-order valence-corrected chi connectivity index (χ3v) is 23.0. The van der Waals surface area contributed by atoms with Gasteiger partial charge in [0, 0.05) is 46.8 Å². The maximum atomic E-state index is 13.9. The van der Waals surface area contributed by atoms with Crippen LogP contribution in [0.1, 0.15) is 169 Å². The molecular weight excluding hydrogens is 882 g/mol. The van der Waals surface area contributed by atoms with Gasteiger partial charge in [-0.1, -0.05) is 152 Å². The molecule has 2 unspecified atom stereocenters. The molecule has 2 aromatic carbocycles. The quantitative estimate of drug-likeness (QED) is 0.210. The molecule has 16 atom stereocenters. The van der Waals surface area contributed by atoms with E-state index in [0.717, 1.165) is 48.9 Å². The Bertz CT molecular complexity index is 2010. The van der Waals surface area contributed by atoms with Gasteiger partial charge in [0.1, 0.15) is 17.7 Å². The Labute approximate surface area is 410 Å². The Morgan fingerprint density at radius 3 is 1.57 bits per heavy atom. The van der Waals surface area contributed by atoms with Crippen molar-refractivity contribution < 1.29 is 46.9 Å². The van der Waals surface area contributed by atoms with Crippen molar-refractivity contribution in [3.05, 3.63) is 60.7 Å². The predicted octanol–water partition coefficient (Wildman–Crippen LogP) is 11.7. The van der Waals surface area contributed by atoms with Crippen molar-refractivity contribution >= 4 is 36.9 Å². The maximum Gasteiger partial charge on any atom is 0.490 e. The molecule has 0 heterocycles. The average Bonchev–Trinajstić information content (AvgIpc) is 3.83. The minimum absolute atomic E-state index is 0. The first kappa shape index (κ1) is 57.7. The first-order valence-corrected chi connectivity index (χ1v) is 26.5. The SMILES string of the molecule is C.C.C.CC[C@]1(C)C[C@@H](O)[C@@]2(C)C3C(=O)CC[C@@]3(CC[C@H]2C)[C@@H](C)[C@@H]1O.CC[C@]1(C)C[C@@H](O[SiH](c2ccccc2)c2ccccc2)[C@@]2(C)C3C(=O)CC[C@@]3(CC[C@H]2C)[C@@H](C)[C@@H]1OC(=O)C(F)(F)F. The highest BCUT2D eigenvalue weighted by Crippen LogP contribution is 2.70. The Morgan fingerprint density at radius 2 is 1.12 bits per heavy atom. The number of hydrogen-bond donors (Lipinski definition) is 2. The third-order valence-electron chi connectivity index (χ3n) is 20.4. The molecule has 2 N–H and O–H groups in total. The highest BCUT2D eigenvalue weighted by atomic mass is 28.3. The Hall–Kier alpha value is -2.86. The fraction of sp³-hybridized carbons (Fsp3) is 0.737. The summed E-state index contributed by atoms with van der Waals surface area (Å²) in [5.41, 5.74) is -2.61. The molecule has 0 saturated heterocycles. The first-order chi connectivity index (χ1) is 30.4. The molecule has 6 aliphatic rings. The van der Waals surface area contributed by atoms with Crippen LogP contribution in [0.15, 0.2) is 60.7 Å². The lowest BCUT2D eigenvalue weighted by Crippen LogP contribution is -2.65. The van der Waals surface area contributed by atoms with Crippen LogP contribution < -0.4 is 10.4 Å². The molecule has 0 aromatic heterocycles. The van der Waals surface area contributed by atoms with Gasteiger partial charge < -0.3 is 19.4 Å². The average molecular weight is 971 g/mol. The van der Waals surface area contributed by atoms with Crippen LogP contribution in [0, 0.1) is 68.0 Å². The lowest BCUT2D eigenvalue weighted by atomic mass is 9.43. The minimum atomic E-state index is -5.09. The topological polar surface area (TPSA) is 110 Å². The van der Waals surface area contributed by atoms with E-state index in [0.29, 0.717) is 50.2 Å². The van der Waals surface area contributed by atoms with Crippen molar-refractivity contribution in [2.45, 2.75) is 199 Å². The molecule has 6 aliphatic carbocycles. The molecule has 6 saturated carbocycles. The van der Waals surface area contributed by atoms with Gasteiger partial charge in [-0.2, -0.15) is 13.2 Å². The highest BCUT2D eigenvalue weighted by molar-refractivity contribution is 6.80. The maximum absolute atomic E-state index is 13.9. The number of esters is 1. The van der Waals surface area contributed by atoms with Crippen LogP contribution in [0.2, 0.25) is 0 Å². The summed E-state index contributed by atoms with van der Waals surface area (Å²) >= 11 is 0. The second kappa shape index (κ2) is 20.7. The van der Waals surface area contributed by atoms with E-state index >= 15 is 0 Å². The number of hydrogen-bond acceptors (Lipinski definition) is 7. The summed E-state index contributed by atoms with van der Waals surface area (Å²) in [5.74, 6) is -1.88. The van der Waals surface area contributed by atoms with Crippen molar-refractivity contribution in [1.82, 2.24) is 0 Å². The van der Waals surface area contributed by atoms with Gasteiger partial charge in [-0.3, -0.25) is 9.59 Å².